The van der Waals surface area contributed by atoms with Crippen LogP contribution in [0.25, 0.3) is 0 Å². The van der Waals surface area contributed by atoms with Crippen molar-refractivity contribution in [3.05, 3.63) is 17.2 Å². The maximum absolute atomic E-state index is 12.4. The minimum Gasteiger partial charge on any atom is -0.495 e. The standard InChI is InChI=1S/C17H23ClN2O4/c1-10(2)8-19-17(22)11-5-16(21)20(9-11)13-7-14(23-3)12(18)6-15(13)24-4/h6-7,10-11H,5,8-9H2,1-4H3,(H,19,22). The number of nitrogens with zero attached hydrogens (tertiary/aromatic N) is 1. The molecule has 1 heterocycles. The summed E-state index contributed by atoms with van der Waals surface area (Å²) < 4.78 is 10.5. The van der Waals surface area contributed by atoms with Gasteiger partial charge < -0.3 is 19.7 Å². The molecule has 0 aromatic heterocycles. The van der Waals surface area contributed by atoms with Crippen LogP contribution in [-0.2, 0) is 9.59 Å². The lowest BCUT2D eigenvalue weighted by molar-refractivity contribution is -0.126. The highest BCUT2D eigenvalue weighted by Gasteiger charge is 2.36. The Kier molecular flexibility index (Phi) is 5.94. The Morgan fingerprint density at radius 2 is 2.00 bits per heavy atom. The fraction of sp³-hybridized carbons (Fsp3) is 0.529. The maximum Gasteiger partial charge on any atom is 0.227 e. The summed E-state index contributed by atoms with van der Waals surface area (Å²) in [5, 5.41) is 3.28. The van der Waals surface area contributed by atoms with Crippen LogP contribution in [0.1, 0.15) is 20.3 Å². The second-order valence-electron chi connectivity index (χ2n) is 6.20. The van der Waals surface area contributed by atoms with E-state index in [4.69, 9.17) is 21.1 Å². The second-order valence-corrected chi connectivity index (χ2v) is 6.61. The Morgan fingerprint density at radius 3 is 2.58 bits per heavy atom. The number of ether oxygens (including phenoxy) is 2. The van der Waals surface area contributed by atoms with Crippen LogP contribution in [-0.4, -0.2) is 39.1 Å². The van der Waals surface area contributed by atoms with Gasteiger partial charge in [0.15, 0.2) is 0 Å². The maximum atomic E-state index is 12.4. The number of anilines is 1. The molecule has 1 N–H and O–H groups in total. The molecule has 132 valence electrons. The van der Waals surface area contributed by atoms with E-state index in [0.29, 0.717) is 41.2 Å². The number of methoxy groups -OCH3 is 2. The number of halogens is 1. The smallest absolute Gasteiger partial charge is 0.227 e. The van der Waals surface area contributed by atoms with Gasteiger partial charge in [-0.25, -0.2) is 0 Å². The number of carbonyl (C=O) groups excluding carboxylic acids is 2. The van der Waals surface area contributed by atoms with Gasteiger partial charge in [0.25, 0.3) is 0 Å². The molecule has 1 fully saturated rings. The van der Waals surface area contributed by atoms with Crippen molar-refractivity contribution >= 4 is 29.1 Å². The van der Waals surface area contributed by atoms with E-state index in [9.17, 15) is 9.59 Å². The molecule has 0 radical (unpaired) electrons. The van der Waals surface area contributed by atoms with E-state index in [1.165, 1.54) is 14.2 Å². The average molecular weight is 355 g/mol. The Labute approximate surface area is 147 Å². The summed E-state index contributed by atoms with van der Waals surface area (Å²) in [5.41, 5.74) is 0.558. The molecule has 1 aliphatic rings. The number of rotatable bonds is 6. The van der Waals surface area contributed by atoms with Gasteiger partial charge in [0.2, 0.25) is 11.8 Å². The lowest BCUT2D eigenvalue weighted by Crippen LogP contribution is -2.35. The highest BCUT2D eigenvalue weighted by Crippen LogP contribution is 2.40. The van der Waals surface area contributed by atoms with Crippen LogP contribution in [0.2, 0.25) is 5.02 Å². The summed E-state index contributed by atoms with van der Waals surface area (Å²) in [7, 11) is 3.01. The predicted molar refractivity (Wildman–Crippen MR) is 92.9 cm³/mol. The lowest BCUT2D eigenvalue weighted by atomic mass is 10.1. The molecule has 1 atom stereocenters. The SMILES string of the molecule is COc1cc(N2CC(C(=O)NCC(C)C)CC2=O)c(OC)cc1Cl. The molecule has 0 bridgehead atoms. The minimum atomic E-state index is -0.373. The highest BCUT2D eigenvalue weighted by atomic mass is 35.5. The van der Waals surface area contributed by atoms with Crippen molar-refractivity contribution in [1.29, 1.82) is 0 Å². The van der Waals surface area contributed by atoms with Crippen LogP contribution in [0, 0.1) is 11.8 Å². The van der Waals surface area contributed by atoms with Gasteiger partial charge in [-0.15, -0.1) is 0 Å². The minimum absolute atomic E-state index is 0.0977. The normalized spacial score (nSPS) is 17.3. The van der Waals surface area contributed by atoms with E-state index < -0.39 is 0 Å². The number of hydrogen-bond acceptors (Lipinski definition) is 4. The topological polar surface area (TPSA) is 67.9 Å². The zero-order valence-corrected chi connectivity index (χ0v) is 15.1. The Hall–Kier alpha value is -1.95. The summed E-state index contributed by atoms with van der Waals surface area (Å²) in [5.74, 6) is 0.692. The van der Waals surface area contributed by atoms with Gasteiger partial charge in [-0.1, -0.05) is 25.4 Å². The molecular weight excluding hydrogens is 332 g/mol. The Morgan fingerprint density at radius 1 is 1.33 bits per heavy atom. The summed E-state index contributed by atoms with van der Waals surface area (Å²) in [6.07, 6.45) is 0.179. The third-order valence-electron chi connectivity index (χ3n) is 3.92. The molecule has 7 heteroatoms. The first-order valence-corrected chi connectivity index (χ1v) is 8.24. The lowest BCUT2D eigenvalue weighted by Gasteiger charge is -2.21. The van der Waals surface area contributed by atoms with Gasteiger partial charge in [-0.3, -0.25) is 9.59 Å². The first-order chi connectivity index (χ1) is 11.4. The first kappa shape index (κ1) is 18.4. The van der Waals surface area contributed by atoms with E-state index >= 15 is 0 Å². The van der Waals surface area contributed by atoms with Crippen LogP contribution >= 0.6 is 11.6 Å². The van der Waals surface area contributed by atoms with Gasteiger partial charge in [-0.2, -0.15) is 0 Å². The second kappa shape index (κ2) is 7.75. The number of amides is 2. The predicted octanol–water partition coefficient (Wildman–Crippen LogP) is 2.48. The van der Waals surface area contributed by atoms with Gasteiger partial charge in [-0.05, 0) is 5.92 Å². The van der Waals surface area contributed by atoms with Crippen molar-refractivity contribution in [2.75, 3.05) is 32.2 Å². The molecule has 1 aromatic carbocycles. The molecule has 1 unspecified atom stereocenters. The van der Waals surface area contributed by atoms with Crippen LogP contribution in [0.5, 0.6) is 11.5 Å². The monoisotopic (exact) mass is 354 g/mol. The number of nitrogens with one attached hydrogen (secondary N) is 1. The van der Waals surface area contributed by atoms with Crippen molar-refractivity contribution in [1.82, 2.24) is 5.32 Å². The Bertz CT molecular complexity index is 633. The van der Waals surface area contributed by atoms with Crippen LogP contribution < -0.4 is 19.7 Å². The molecule has 1 saturated heterocycles. The van der Waals surface area contributed by atoms with E-state index in [2.05, 4.69) is 5.32 Å². The molecule has 0 spiro atoms. The third kappa shape index (κ3) is 3.93. The fourth-order valence-corrected chi connectivity index (χ4v) is 2.85. The molecular formula is C17H23ClN2O4. The van der Waals surface area contributed by atoms with Crippen molar-refractivity contribution < 1.29 is 19.1 Å². The largest absolute Gasteiger partial charge is 0.495 e. The van der Waals surface area contributed by atoms with E-state index in [0.717, 1.165) is 0 Å². The van der Waals surface area contributed by atoms with Crippen molar-refractivity contribution in [3.8, 4) is 11.5 Å². The number of hydrogen-bond donors (Lipinski definition) is 1. The van der Waals surface area contributed by atoms with E-state index in [1.807, 2.05) is 13.8 Å². The van der Waals surface area contributed by atoms with Crippen molar-refractivity contribution in [3.63, 3.8) is 0 Å². The summed E-state index contributed by atoms with van der Waals surface area (Å²) in [4.78, 5) is 26.2. The van der Waals surface area contributed by atoms with Crippen molar-refractivity contribution in [2.45, 2.75) is 20.3 Å². The van der Waals surface area contributed by atoms with Gasteiger partial charge in [0.1, 0.15) is 11.5 Å². The van der Waals surface area contributed by atoms with E-state index in [1.54, 1.807) is 17.0 Å². The van der Waals surface area contributed by atoms with Gasteiger partial charge in [0, 0.05) is 31.6 Å². The summed E-state index contributed by atoms with van der Waals surface area (Å²) in [6.45, 7) is 4.96. The molecule has 2 rings (SSSR count). The Balaban J connectivity index is 2.21. The molecule has 24 heavy (non-hydrogen) atoms. The zero-order valence-electron chi connectivity index (χ0n) is 14.4. The fourth-order valence-electron chi connectivity index (χ4n) is 2.62. The van der Waals surface area contributed by atoms with Gasteiger partial charge >= 0.3 is 0 Å². The van der Waals surface area contributed by atoms with Crippen LogP contribution in [0.4, 0.5) is 5.69 Å². The molecule has 1 aliphatic heterocycles. The average Bonchev–Trinajstić information content (AvgIpc) is 2.94. The first-order valence-electron chi connectivity index (χ1n) is 7.87. The zero-order chi connectivity index (χ0) is 17.9. The van der Waals surface area contributed by atoms with Crippen LogP contribution in [0.15, 0.2) is 12.1 Å². The summed E-state index contributed by atoms with van der Waals surface area (Å²) >= 11 is 6.10. The number of carbonyl (C=O) groups is 2. The highest BCUT2D eigenvalue weighted by molar-refractivity contribution is 6.32. The summed E-state index contributed by atoms with van der Waals surface area (Å²) in [6, 6.07) is 3.27. The molecule has 1 aromatic rings. The molecule has 0 saturated carbocycles. The molecule has 6 nitrogen and oxygen atoms in total. The van der Waals surface area contributed by atoms with E-state index in [-0.39, 0.29) is 24.2 Å². The third-order valence-corrected chi connectivity index (χ3v) is 4.22. The quantitative estimate of drug-likeness (QED) is 0.852. The van der Waals surface area contributed by atoms with Crippen LogP contribution in [0.3, 0.4) is 0 Å². The molecule has 2 amide bonds. The molecule has 0 aliphatic carbocycles. The van der Waals surface area contributed by atoms with Crippen molar-refractivity contribution in [2.24, 2.45) is 11.8 Å². The number of benzene rings is 1. The van der Waals surface area contributed by atoms with Gasteiger partial charge in [0.05, 0.1) is 30.8 Å².